The van der Waals surface area contributed by atoms with Gasteiger partial charge in [-0.2, -0.15) is 0 Å². The number of benzene rings is 2. The van der Waals surface area contributed by atoms with Gasteiger partial charge in [-0.1, -0.05) is 37.1 Å². The van der Waals surface area contributed by atoms with Crippen molar-refractivity contribution in [1.29, 1.82) is 0 Å². The van der Waals surface area contributed by atoms with Gasteiger partial charge in [0.25, 0.3) is 5.91 Å². The zero-order valence-corrected chi connectivity index (χ0v) is 19.3. The van der Waals surface area contributed by atoms with Gasteiger partial charge in [0, 0.05) is 25.7 Å². The highest BCUT2D eigenvalue weighted by molar-refractivity contribution is 7.92. The first kappa shape index (κ1) is 24.2. The maximum Gasteiger partial charge on any atom is 0.255 e. The fourth-order valence-corrected chi connectivity index (χ4v) is 4.48. The third kappa shape index (κ3) is 7.01. The quantitative estimate of drug-likeness (QED) is 0.471. The zero-order chi connectivity index (χ0) is 23.1. The van der Waals surface area contributed by atoms with Crippen LogP contribution in [-0.2, 0) is 10.0 Å². The van der Waals surface area contributed by atoms with E-state index in [2.05, 4.69) is 15.6 Å². The summed E-state index contributed by atoms with van der Waals surface area (Å²) in [6.45, 7) is 0.598. The summed E-state index contributed by atoms with van der Waals surface area (Å²) in [5, 5.41) is 0. The van der Waals surface area contributed by atoms with Crippen molar-refractivity contribution in [3.8, 4) is 0 Å². The van der Waals surface area contributed by atoms with Crippen LogP contribution >= 0.6 is 0 Å². The molecule has 3 rings (SSSR count). The van der Waals surface area contributed by atoms with E-state index in [1.54, 1.807) is 36.2 Å². The molecule has 3 N–H and O–H groups in total. The summed E-state index contributed by atoms with van der Waals surface area (Å²) < 4.78 is 38.6. The van der Waals surface area contributed by atoms with Gasteiger partial charge in [0.15, 0.2) is 0 Å². The van der Waals surface area contributed by atoms with Gasteiger partial charge in [0.1, 0.15) is 5.82 Å². The molecule has 2 atom stereocenters. The Bertz CT molecular complexity index is 1010. The van der Waals surface area contributed by atoms with Gasteiger partial charge in [0.05, 0.1) is 17.5 Å². The van der Waals surface area contributed by atoms with E-state index >= 15 is 0 Å². The Kier molecular flexibility index (Phi) is 8.22. The maximum atomic E-state index is 13.1. The molecule has 174 valence electrons. The van der Waals surface area contributed by atoms with E-state index in [9.17, 15) is 17.6 Å². The third-order valence-electron chi connectivity index (χ3n) is 5.60. The second kappa shape index (κ2) is 10.9. The van der Waals surface area contributed by atoms with Crippen LogP contribution < -0.4 is 15.6 Å². The Hall–Kier alpha value is -2.49. The summed E-state index contributed by atoms with van der Waals surface area (Å²) in [6, 6.07) is 13.8. The van der Waals surface area contributed by atoms with E-state index in [0.717, 1.165) is 43.9 Å². The number of sulfonamides is 1. The molecule has 2 aromatic rings. The number of hydrazine groups is 1. The number of carbonyl (C=O) groups excluding carboxylic acids is 1. The first-order valence-electron chi connectivity index (χ1n) is 10.8. The molecule has 1 fully saturated rings. The van der Waals surface area contributed by atoms with E-state index in [1.165, 1.54) is 12.1 Å². The minimum absolute atomic E-state index is 0.185. The number of hydrogen-bond donors (Lipinski definition) is 3. The van der Waals surface area contributed by atoms with Gasteiger partial charge in [-0.25, -0.2) is 12.8 Å². The average molecular weight is 463 g/mol. The Labute approximate surface area is 189 Å². The molecule has 1 aliphatic heterocycles. The molecule has 1 heterocycles. The van der Waals surface area contributed by atoms with Gasteiger partial charge >= 0.3 is 0 Å². The van der Waals surface area contributed by atoms with Crippen molar-refractivity contribution in [3.63, 3.8) is 0 Å². The fraction of sp³-hybridized carbons (Fsp3) is 0.435. The van der Waals surface area contributed by atoms with Gasteiger partial charge in [0.2, 0.25) is 10.0 Å². The lowest BCUT2D eigenvalue weighted by molar-refractivity contribution is 0.0793. The summed E-state index contributed by atoms with van der Waals surface area (Å²) in [7, 11) is -1.73. The molecule has 0 spiro atoms. The van der Waals surface area contributed by atoms with Crippen LogP contribution in [0.15, 0.2) is 48.5 Å². The highest BCUT2D eigenvalue weighted by Crippen LogP contribution is 2.25. The molecule has 0 aromatic heterocycles. The molecule has 32 heavy (non-hydrogen) atoms. The molecule has 9 heteroatoms. The molecule has 1 saturated heterocycles. The standard InChI is InChI=1S/C23H31FN4O3S/c1-28(23(29)20-9-5-6-10-21(20)27-32(2,30)31)15-7-3-4-8-19-16-22(26-25-19)17-11-13-18(24)14-12-17/h5-6,9-14,19,22,25-27H,3-4,7-8,15-16H2,1-2H3. The molecule has 0 bridgehead atoms. The van der Waals surface area contributed by atoms with Crippen molar-refractivity contribution in [1.82, 2.24) is 15.8 Å². The van der Waals surface area contributed by atoms with Crippen molar-refractivity contribution in [3.05, 3.63) is 65.5 Å². The van der Waals surface area contributed by atoms with Crippen molar-refractivity contribution >= 4 is 21.6 Å². The average Bonchev–Trinajstić information content (AvgIpc) is 3.21. The molecule has 1 aliphatic rings. The first-order chi connectivity index (χ1) is 15.2. The summed E-state index contributed by atoms with van der Waals surface area (Å²) in [4.78, 5) is 14.4. The Morgan fingerprint density at radius 1 is 1.09 bits per heavy atom. The first-order valence-corrected chi connectivity index (χ1v) is 12.7. The van der Waals surface area contributed by atoms with E-state index < -0.39 is 10.0 Å². The van der Waals surface area contributed by atoms with Crippen LogP contribution in [0.3, 0.4) is 0 Å². The van der Waals surface area contributed by atoms with Crippen LogP contribution in [0, 0.1) is 5.82 Å². The van der Waals surface area contributed by atoms with Crippen LogP contribution in [0.5, 0.6) is 0 Å². The molecule has 1 amide bonds. The number of unbranched alkanes of at least 4 members (excludes halogenated alkanes) is 2. The number of amides is 1. The smallest absolute Gasteiger partial charge is 0.255 e. The largest absolute Gasteiger partial charge is 0.342 e. The number of nitrogens with zero attached hydrogens (tertiary/aromatic N) is 1. The minimum atomic E-state index is -3.46. The number of hydrogen-bond acceptors (Lipinski definition) is 5. The predicted molar refractivity (Wildman–Crippen MR) is 124 cm³/mol. The molecule has 0 saturated carbocycles. The van der Waals surface area contributed by atoms with Crippen LogP contribution in [0.4, 0.5) is 10.1 Å². The van der Waals surface area contributed by atoms with E-state index in [0.29, 0.717) is 23.8 Å². The lowest BCUT2D eigenvalue weighted by Gasteiger charge is -2.19. The molecular weight excluding hydrogens is 431 g/mol. The number of carbonyl (C=O) groups is 1. The number of halogens is 1. The van der Waals surface area contributed by atoms with Crippen LogP contribution in [0.25, 0.3) is 0 Å². The van der Waals surface area contributed by atoms with Gasteiger partial charge in [-0.05, 0) is 49.1 Å². The normalized spacial score (nSPS) is 18.5. The third-order valence-corrected chi connectivity index (χ3v) is 6.19. The van der Waals surface area contributed by atoms with Crippen molar-refractivity contribution in [2.45, 2.75) is 44.2 Å². The van der Waals surface area contributed by atoms with Crippen molar-refractivity contribution < 1.29 is 17.6 Å². The Balaban J connectivity index is 1.39. The molecular formula is C23H31FN4O3S. The summed E-state index contributed by atoms with van der Waals surface area (Å²) in [6.07, 6.45) is 5.92. The minimum Gasteiger partial charge on any atom is -0.342 e. The van der Waals surface area contributed by atoms with Crippen LogP contribution in [0.2, 0.25) is 0 Å². The SMILES string of the molecule is CN(CCCCCC1CC(c2ccc(F)cc2)NN1)C(=O)c1ccccc1NS(C)(=O)=O. The second-order valence-electron chi connectivity index (χ2n) is 8.32. The van der Waals surface area contributed by atoms with E-state index in [1.807, 2.05) is 12.1 Å². The molecule has 2 aromatic carbocycles. The highest BCUT2D eigenvalue weighted by atomic mass is 32.2. The fourth-order valence-electron chi connectivity index (χ4n) is 3.91. The van der Waals surface area contributed by atoms with E-state index in [4.69, 9.17) is 0 Å². The summed E-state index contributed by atoms with van der Waals surface area (Å²) in [5.74, 6) is -0.435. The maximum absolute atomic E-state index is 13.1. The molecule has 0 radical (unpaired) electrons. The van der Waals surface area contributed by atoms with Gasteiger partial charge < -0.3 is 4.90 Å². The second-order valence-corrected chi connectivity index (χ2v) is 10.1. The number of nitrogens with one attached hydrogen (secondary N) is 3. The molecule has 0 aliphatic carbocycles. The topological polar surface area (TPSA) is 90.5 Å². The van der Waals surface area contributed by atoms with Crippen LogP contribution in [-0.4, -0.2) is 45.1 Å². The highest BCUT2D eigenvalue weighted by Gasteiger charge is 2.24. The van der Waals surface area contributed by atoms with Crippen LogP contribution in [0.1, 0.15) is 54.1 Å². The summed E-state index contributed by atoms with van der Waals surface area (Å²) in [5.41, 5.74) is 8.31. The van der Waals surface area contributed by atoms with Gasteiger partial charge in [-0.3, -0.25) is 20.4 Å². The number of para-hydroxylation sites is 1. The summed E-state index contributed by atoms with van der Waals surface area (Å²) >= 11 is 0. The lowest BCUT2D eigenvalue weighted by atomic mass is 9.99. The molecule has 2 unspecified atom stereocenters. The number of rotatable bonds is 10. The Morgan fingerprint density at radius 2 is 1.81 bits per heavy atom. The lowest BCUT2D eigenvalue weighted by Crippen LogP contribution is -2.31. The van der Waals surface area contributed by atoms with Crippen molar-refractivity contribution in [2.24, 2.45) is 0 Å². The Morgan fingerprint density at radius 3 is 2.53 bits per heavy atom. The van der Waals surface area contributed by atoms with Gasteiger partial charge in [-0.15, -0.1) is 0 Å². The zero-order valence-electron chi connectivity index (χ0n) is 18.5. The predicted octanol–water partition coefficient (Wildman–Crippen LogP) is 3.44. The van der Waals surface area contributed by atoms with Crippen molar-refractivity contribution in [2.75, 3.05) is 24.6 Å². The number of anilines is 1. The van der Waals surface area contributed by atoms with E-state index in [-0.39, 0.29) is 17.8 Å². The monoisotopic (exact) mass is 462 g/mol. The molecule has 7 nitrogen and oxygen atoms in total.